The maximum absolute atomic E-state index is 12.7. The lowest BCUT2D eigenvalue weighted by atomic mass is 9.81. The van der Waals surface area contributed by atoms with Crippen molar-refractivity contribution < 1.29 is 14.4 Å². The van der Waals surface area contributed by atoms with Gasteiger partial charge in [-0.1, -0.05) is 36.6 Å². The lowest BCUT2D eigenvalue weighted by Gasteiger charge is -2.35. The van der Waals surface area contributed by atoms with E-state index >= 15 is 0 Å². The number of fused-ring (bicyclic) bond motifs is 1. The number of likely N-dealkylation sites (tertiary alicyclic amines) is 1. The lowest BCUT2D eigenvalue weighted by Crippen LogP contribution is -2.51. The van der Waals surface area contributed by atoms with Crippen LogP contribution in [0.25, 0.3) is 0 Å². The zero-order valence-corrected chi connectivity index (χ0v) is 16.7. The van der Waals surface area contributed by atoms with Crippen LogP contribution in [0.15, 0.2) is 24.3 Å². The maximum Gasteiger partial charge on any atom is 0.242 e. The first-order valence-corrected chi connectivity index (χ1v) is 10.5. The molecule has 1 saturated carbocycles. The highest BCUT2D eigenvalue weighted by Crippen LogP contribution is 2.37. The fourth-order valence-corrected chi connectivity index (χ4v) is 4.88. The van der Waals surface area contributed by atoms with E-state index in [1.807, 2.05) is 24.3 Å². The van der Waals surface area contributed by atoms with Crippen LogP contribution in [0.5, 0.6) is 0 Å². The van der Waals surface area contributed by atoms with Crippen LogP contribution >= 0.6 is 11.6 Å². The molecule has 0 N–H and O–H groups in total. The van der Waals surface area contributed by atoms with E-state index in [0.717, 1.165) is 55.9 Å². The summed E-state index contributed by atoms with van der Waals surface area (Å²) in [5, 5.41) is 0.729. The number of nitrogens with zero attached hydrogens (tertiary/aromatic N) is 3. The summed E-state index contributed by atoms with van der Waals surface area (Å²) in [5.74, 6) is -0.778. The molecule has 2 atom stereocenters. The minimum absolute atomic E-state index is 0.0983. The molecule has 28 heavy (non-hydrogen) atoms. The van der Waals surface area contributed by atoms with Crippen molar-refractivity contribution in [3.8, 4) is 0 Å². The van der Waals surface area contributed by atoms with Gasteiger partial charge in [0.25, 0.3) is 0 Å². The second-order valence-electron chi connectivity index (χ2n) is 8.05. The molecule has 3 amide bonds. The summed E-state index contributed by atoms with van der Waals surface area (Å²) >= 11 is 6.05. The van der Waals surface area contributed by atoms with Gasteiger partial charge in [0.15, 0.2) is 0 Å². The van der Waals surface area contributed by atoms with Crippen molar-refractivity contribution in [1.29, 1.82) is 0 Å². The first-order valence-electron chi connectivity index (χ1n) is 10.1. The maximum atomic E-state index is 12.7. The predicted molar refractivity (Wildman–Crippen MR) is 105 cm³/mol. The van der Waals surface area contributed by atoms with Crippen molar-refractivity contribution in [3.05, 3.63) is 34.9 Å². The van der Waals surface area contributed by atoms with Crippen molar-refractivity contribution in [2.75, 3.05) is 32.7 Å². The van der Waals surface area contributed by atoms with Gasteiger partial charge in [-0.3, -0.25) is 24.2 Å². The number of carbonyl (C=O) groups excluding carboxylic acids is 3. The van der Waals surface area contributed by atoms with Crippen molar-refractivity contribution in [3.63, 3.8) is 0 Å². The number of halogens is 1. The molecule has 2 heterocycles. The average Bonchev–Trinajstić information content (AvgIpc) is 2.94. The Kier molecular flexibility index (Phi) is 5.69. The Morgan fingerprint density at radius 1 is 1.00 bits per heavy atom. The summed E-state index contributed by atoms with van der Waals surface area (Å²) in [6.07, 6.45) is 3.55. The molecule has 3 fully saturated rings. The van der Waals surface area contributed by atoms with Crippen LogP contribution in [0.4, 0.5) is 0 Å². The Bertz CT molecular complexity index is 752. The van der Waals surface area contributed by atoms with Gasteiger partial charge in [0.2, 0.25) is 17.7 Å². The Labute approximate surface area is 170 Å². The third kappa shape index (κ3) is 3.94. The highest BCUT2D eigenvalue weighted by atomic mass is 35.5. The molecule has 0 aromatic heterocycles. The number of rotatable bonds is 4. The molecule has 1 aliphatic carbocycles. The molecule has 0 spiro atoms. The van der Waals surface area contributed by atoms with Crippen LogP contribution in [0, 0.1) is 11.8 Å². The molecule has 1 aromatic carbocycles. The van der Waals surface area contributed by atoms with Crippen LogP contribution in [-0.2, 0) is 20.9 Å². The molecule has 2 saturated heterocycles. The number of hydrogen-bond donors (Lipinski definition) is 0. The quantitative estimate of drug-likeness (QED) is 0.723. The predicted octanol–water partition coefficient (Wildman–Crippen LogP) is 2.16. The molecule has 3 aliphatic rings. The summed E-state index contributed by atoms with van der Waals surface area (Å²) < 4.78 is 0. The third-order valence-corrected chi connectivity index (χ3v) is 6.48. The van der Waals surface area contributed by atoms with Crippen LogP contribution in [0.3, 0.4) is 0 Å². The van der Waals surface area contributed by atoms with E-state index in [4.69, 9.17) is 11.6 Å². The van der Waals surface area contributed by atoms with Gasteiger partial charge < -0.3 is 4.90 Å². The molecule has 0 unspecified atom stereocenters. The van der Waals surface area contributed by atoms with E-state index in [-0.39, 0.29) is 36.1 Å². The zero-order chi connectivity index (χ0) is 19.7. The van der Waals surface area contributed by atoms with E-state index < -0.39 is 0 Å². The molecule has 0 radical (unpaired) electrons. The van der Waals surface area contributed by atoms with E-state index in [0.29, 0.717) is 13.1 Å². The minimum Gasteiger partial charge on any atom is -0.339 e. The van der Waals surface area contributed by atoms with Gasteiger partial charge >= 0.3 is 0 Å². The molecule has 6 nitrogen and oxygen atoms in total. The lowest BCUT2D eigenvalue weighted by molar-refractivity contribution is -0.147. The molecule has 0 bridgehead atoms. The first kappa shape index (κ1) is 19.4. The second-order valence-corrected chi connectivity index (χ2v) is 8.48. The average molecular weight is 404 g/mol. The number of piperazine rings is 1. The highest BCUT2D eigenvalue weighted by Gasteiger charge is 2.48. The standard InChI is InChI=1S/C21H26ClN3O3/c22-16-5-3-4-15(12-16)13-23-8-10-24(11-9-23)19(26)14-25-20(27)17-6-1-2-7-18(17)21(25)28/h3-5,12,17-18H,1-2,6-11,13-14H2/t17-,18-/m1/s1. The summed E-state index contributed by atoms with van der Waals surface area (Å²) in [5.41, 5.74) is 1.16. The Balaban J connectivity index is 1.29. The highest BCUT2D eigenvalue weighted by molar-refractivity contribution is 6.30. The van der Waals surface area contributed by atoms with E-state index in [9.17, 15) is 14.4 Å². The SMILES string of the molecule is O=C(CN1C(=O)[C@@H]2CCCC[C@H]2C1=O)N1CCN(Cc2cccc(Cl)c2)CC1. The second kappa shape index (κ2) is 8.21. The van der Waals surface area contributed by atoms with Crippen molar-refractivity contribution in [2.24, 2.45) is 11.8 Å². The smallest absolute Gasteiger partial charge is 0.242 e. The van der Waals surface area contributed by atoms with Gasteiger partial charge in [0.1, 0.15) is 6.54 Å². The summed E-state index contributed by atoms with van der Waals surface area (Å²) in [7, 11) is 0. The first-order chi connectivity index (χ1) is 13.5. The van der Waals surface area contributed by atoms with Gasteiger partial charge in [0, 0.05) is 37.7 Å². The van der Waals surface area contributed by atoms with Crippen molar-refractivity contribution in [1.82, 2.24) is 14.7 Å². The summed E-state index contributed by atoms with van der Waals surface area (Å²) in [4.78, 5) is 43.1. The molecule has 7 heteroatoms. The number of benzene rings is 1. The van der Waals surface area contributed by atoms with Gasteiger partial charge in [-0.25, -0.2) is 0 Å². The van der Waals surface area contributed by atoms with Crippen LogP contribution < -0.4 is 0 Å². The van der Waals surface area contributed by atoms with Gasteiger partial charge in [0.05, 0.1) is 11.8 Å². The fraction of sp³-hybridized carbons (Fsp3) is 0.571. The third-order valence-electron chi connectivity index (χ3n) is 6.25. The minimum atomic E-state index is -0.191. The fourth-order valence-electron chi connectivity index (χ4n) is 4.67. The molecule has 1 aromatic rings. The van der Waals surface area contributed by atoms with Crippen molar-refractivity contribution >= 4 is 29.3 Å². The largest absolute Gasteiger partial charge is 0.339 e. The normalized spacial score (nSPS) is 25.9. The summed E-state index contributed by atoms with van der Waals surface area (Å²) in [6.45, 7) is 3.47. The summed E-state index contributed by atoms with van der Waals surface area (Å²) in [6, 6.07) is 7.81. The van der Waals surface area contributed by atoms with E-state index in [2.05, 4.69) is 4.90 Å². The Hall–Kier alpha value is -1.92. The Morgan fingerprint density at radius 2 is 1.64 bits per heavy atom. The topological polar surface area (TPSA) is 60.9 Å². The van der Waals surface area contributed by atoms with E-state index in [1.165, 1.54) is 4.90 Å². The number of hydrogen-bond acceptors (Lipinski definition) is 4. The molecular weight excluding hydrogens is 378 g/mol. The number of carbonyl (C=O) groups is 3. The Morgan fingerprint density at radius 3 is 2.25 bits per heavy atom. The van der Waals surface area contributed by atoms with Gasteiger partial charge in [-0.05, 0) is 30.5 Å². The van der Waals surface area contributed by atoms with Crippen LogP contribution in [-0.4, -0.2) is 65.1 Å². The van der Waals surface area contributed by atoms with E-state index in [1.54, 1.807) is 4.90 Å². The van der Waals surface area contributed by atoms with Crippen LogP contribution in [0.1, 0.15) is 31.2 Å². The van der Waals surface area contributed by atoms with Crippen LogP contribution in [0.2, 0.25) is 5.02 Å². The monoisotopic (exact) mass is 403 g/mol. The molecule has 150 valence electrons. The van der Waals surface area contributed by atoms with Crippen molar-refractivity contribution in [2.45, 2.75) is 32.2 Å². The van der Waals surface area contributed by atoms with Gasteiger partial charge in [-0.15, -0.1) is 0 Å². The molecule has 4 rings (SSSR count). The molecular formula is C21H26ClN3O3. The zero-order valence-electron chi connectivity index (χ0n) is 16.0. The van der Waals surface area contributed by atoms with Gasteiger partial charge in [-0.2, -0.15) is 0 Å². The molecule has 2 aliphatic heterocycles. The number of amides is 3. The number of imide groups is 1.